The van der Waals surface area contributed by atoms with Gasteiger partial charge in [0.15, 0.2) is 0 Å². The van der Waals surface area contributed by atoms with E-state index in [-0.39, 0.29) is 6.03 Å². The molecule has 1 N–H and O–H groups in total. The minimum absolute atomic E-state index is 0.0676. The van der Waals surface area contributed by atoms with Gasteiger partial charge in [0.2, 0.25) is 0 Å². The number of carbonyl (C=O) groups excluding carboxylic acids is 1. The van der Waals surface area contributed by atoms with Crippen LogP contribution in [-0.2, 0) is 0 Å². The number of hydrogen-bond donors (Lipinski definition) is 1. The van der Waals surface area contributed by atoms with E-state index in [1.165, 1.54) is 0 Å². The zero-order chi connectivity index (χ0) is 11.5. The van der Waals surface area contributed by atoms with Gasteiger partial charge in [0.05, 0.1) is 18.5 Å². The molecule has 0 saturated carbocycles. The van der Waals surface area contributed by atoms with E-state index in [2.05, 4.69) is 23.2 Å². The smallest absolute Gasteiger partial charge is 0.317 e. The molecule has 5 heteroatoms. The molecule has 2 aliphatic heterocycles. The molecule has 2 amide bonds. The van der Waals surface area contributed by atoms with Crippen molar-refractivity contribution >= 4 is 6.03 Å². The minimum Gasteiger partial charge on any atom is -0.336 e. The highest BCUT2D eigenvalue weighted by Gasteiger charge is 2.36. The van der Waals surface area contributed by atoms with E-state index in [1.54, 1.807) is 0 Å². The fourth-order valence-corrected chi connectivity index (χ4v) is 2.60. The van der Waals surface area contributed by atoms with Gasteiger partial charge >= 0.3 is 6.03 Å². The van der Waals surface area contributed by atoms with Crippen LogP contribution in [0, 0.1) is 11.3 Å². The normalized spacial score (nSPS) is 27.1. The van der Waals surface area contributed by atoms with Crippen molar-refractivity contribution in [2.24, 2.45) is 0 Å². The van der Waals surface area contributed by atoms with Crippen molar-refractivity contribution in [1.82, 2.24) is 15.1 Å². The summed E-state index contributed by atoms with van der Waals surface area (Å²) < 4.78 is 0. The van der Waals surface area contributed by atoms with Crippen LogP contribution >= 0.6 is 0 Å². The average molecular weight is 222 g/mol. The van der Waals surface area contributed by atoms with Crippen LogP contribution in [0.1, 0.15) is 19.8 Å². The Balaban J connectivity index is 1.96. The highest BCUT2D eigenvalue weighted by atomic mass is 16.2. The number of rotatable bonds is 3. The molecule has 2 unspecified atom stereocenters. The number of nitrogens with one attached hydrogen (secondary N) is 1. The van der Waals surface area contributed by atoms with Crippen LogP contribution in [0.2, 0.25) is 0 Å². The largest absolute Gasteiger partial charge is 0.336 e. The molecule has 0 aliphatic carbocycles. The van der Waals surface area contributed by atoms with Crippen molar-refractivity contribution in [2.45, 2.75) is 31.8 Å². The van der Waals surface area contributed by atoms with Crippen LogP contribution in [0.4, 0.5) is 4.79 Å². The molecule has 88 valence electrons. The van der Waals surface area contributed by atoms with Crippen molar-refractivity contribution in [3.8, 4) is 6.07 Å². The van der Waals surface area contributed by atoms with Crippen LogP contribution < -0.4 is 5.32 Å². The number of amides is 2. The summed E-state index contributed by atoms with van der Waals surface area (Å²) in [6.45, 7) is 5.45. The Bertz CT molecular complexity index is 312. The van der Waals surface area contributed by atoms with Crippen LogP contribution in [0.15, 0.2) is 0 Å². The predicted octanol–water partition coefficient (Wildman–Crippen LogP) is 0.388. The van der Waals surface area contributed by atoms with Crippen LogP contribution in [-0.4, -0.2) is 54.1 Å². The first-order valence-corrected chi connectivity index (χ1v) is 5.91. The molecule has 0 aromatic heterocycles. The van der Waals surface area contributed by atoms with Crippen LogP contribution in [0.5, 0.6) is 0 Å². The molecular weight excluding hydrogens is 204 g/mol. The van der Waals surface area contributed by atoms with Crippen molar-refractivity contribution in [1.29, 1.82) is 5.26 Å². The number of carbonyl (C=O) groups is 1. The number of piperazine rings is 1. The average Bonchev–Trinajstić information content (AvgIpc) is 2.67. The van der Waals surface area contributed by atoms with E-state index in [0.29, 0.717) is 18.5 Å². The predicted molar refractivity (Wildman–Crippen MR) is 59.8 cm³/mol. The lowest BCUT2D eigenvalue weighted by molar-refractivity contribution is 0.0876. The van der Waals surface area contributed by atoms with Gasteiger partial charge < -0.3 is 10.2 Å². The molecule has 0 aromatic rings. The van der Waals surface area contributed by atoms with Gasteiger partial charge in [0.1, 0.15) is 0 Å². The minimum atomic E-state index is 0.0676. The van der Waals surface area contributed by atoms with E-state index in [9.17, 15) is 4.79 Å². The molecule has 0 bridgehead atoms. The number of nitriles is 1. The number of hydrogen-bond acceptors (Lipinski definition) is 3. The summed E-state index contributed by atoms with van der Waals surface area (Å²) in [6, 6.07) is 2.96. The van der Waals surface area contributed by atoms with Gasteiger partial charge in [-0.25, -0.2) is 4.79 Å². The zero-order valence-electron chi connectivity index (χ0n) is 9.65. The number of nitrogens with zero attached hydrogens (tertiary/aromatic N) is 3. The van der Waals surface area contributed by atoms with E-state index in [1.807, 2.05) is 4.90 Å². The van der Waals surface area contributed by atoms with Gasteiger partial charge in [0.25, 0.3) is 0 Å². The van der Waals surface area contributed by atoms with Crippen LogP contribution in [0.3, 0.4) is 0 Å². The third-order valence-electron chi connectivity index (χ3n) is 3.58. The summed E-state index contributed by atoms with van der Waals surface area (Å²) in [4.78, 5) is 15.7. The fourth-order valence-electron chi connectivity index (χ4n) is 2.60. The molecule has 5 nitrogen and oxygen atoms in total. The first-order chi connectivity index (χ1) is 7.76. The molecule has 2 rings (SSSR count). The Hall–Kier alpha value is -1.28. The van der Waals surface area contributed by atoms with E-state index < -0.39 is 0 Å². The standard InChI is InChI=1S/C11H18N4O/c1-2-9(3-4-12)14-5-6-15-10(8-14)7-13-11(15)16/h9-10H,2-3,5-8H2,1H3,(H,13,16). The maximum absolute atomic E-state index is 11.4. The van der Waals surface area contributed by atoms with Crippen molar-refractivity contribution in [3.63, 3.8) is 0 Å². The van der Waals surface area contributed by atoms with Gasteiger partial charge in [-0.3, -0.25) is 4.90 Å². The maximum atomic E-state index is 11.4. The summed E-state index contributed by atoms with van der Waals surface area (Å²) in [5, 5.41) is 11.6. The molecule has 2 atom stereocenters. The van der Waals surface area contributed by atoms with Crippen molar-refractivity contribution in [2.75, 3.05) is 26.2 Å². The second kappa shape index (κ2) is 4.71. The van der Waals surface area contributed by atoms with Gasteiger partial charge in [-0.1, -0.05) is 6.92 Å². The third kappa shape index (κ3) is 1.98. The van der Waals surface area contributed by atoms with Crippen molar-refractivity contribution in [3.05, 3.63) is 0 Å². The highest BCUT2D eigenvalue weighted by Crippen LogP contribution is 2.18. The molecular formula is C11H18N4O. The number of urea groups is 1. The first kappa shape index (κ1) is 11.2. The molecule has 16 heavy (non-hydrogen) atoms. The van der Waals surface area contributed by atoms with Crippen molar-refractivity contribution < 1.29 is 4.79 Å². The summed E-state index contributed by atoms with van der Waals surface area (Å²) in [6.07, 6.45) is 1.59. The molecule has 2 fully saturated rings. The van der Waals surface area contributed by atoms with Gasteiger partial charge in [-0.2, -0.15) is 5.26 Å². The molecule has 2 saturated heterocycles. The molecule has 2 aliphatic rings. The Morgan fingerprint density at radius 3 is 3.12 bits per heavy atom. The van der Waals surface area contributed by atoms with Crippen LogP contribution in [0.25, 0.3) is 0 Å². The monoisotopic (exact) mass is 222 g/mol. The van der Waals surface area contributed by atoms with E-state index >= 15 is 0 Å². The lowest BCUT2D eigenvalue weighted by atomic mass is 10.1. The molecule has 0 radical (unpaired) electrons. The summed E-state index contributed by atoms with van der Waals surface area (Å²) in [5.41, 5.74) is 0. The van der Waals surface area contributed by atoms with Gasteiger partial charge in [-0.05, 0) is 6.42 Å². The second-order valence-electron chi connectivity index (χ2n) is 4.45. The Kier molecular flexibility index (Phi) is 3.30. The highest BCUT2D eigenvalue weighted by molar-refractivity contribution is 5.77. The Morgan fingerprint density at radius 2 is 2.44 bits per heavy atom. The first-order valence-electron chi connectivity index (χ1n) is 5.91. The fraction of sp³-hybridized carbons (Fsp3) is 0.818. The third-order valence-corrected chi connectivity index (χ3v) is 3.58. The summed E-state index contributed by atoms with van der Waals surface area (Å²) in [7, 11) is 0. The summed E-state index contributed by atoms with van der Waals surface area (Å²) >= 11 is 0. The number of fused-ring (bicyclic) bond motifs is 1. The Morgan fingerprint density at radius 1 is 1.62 bits per heavy atom. The van der Waals surface area contributed by atoms with E-state index in [4.69, 9.17) is 5.26 Å². The lowest BCUT2D eigenvalue weighted by Gasteiger charge is -2.39. The van der Waals surface area contributed by atoms with Gasteiger partial charge in [0, 0.05) is 32.2 Å². The zero-order valence-corrected chi connectivity index (χ0v) is 9.65. The molecule has 0 spiro atoms. The SMILES string of the molecule is CCC(CC#N)N1CCN2C(=O)NCC2C1. The second-order valence-corrected chi connectivity index (χ2v) is 4.45. The quantitative estimate of drug-likeness (QED) is 0.751. The maximum Gasteiger partial charge on any atom is 0.317 e. The lowest BCUT2D eigenvalue weighted by Crippen LogP contribution is -2.54. The van der Waals surface area contributed by atoms with Gasteiger partial charge in [-0.15, -0.1) is 0 Å². The molecule has 0 aromatic carbocycles. The molecule has 2 heterocycles. The Labute approximate surface area is 96.0 Å². The summed E-state index contributed by atoms with van der Waals surface area (Å²) in [5.74, 6) is 0. The topological polar surface area (TPSA) is 59.4 Å². The van der Waals surface area contributed by atoms with E-state index in [0.717, 1.165) is 32.6 Å².